The maximum atomic E-state index is 13.3. The van der Waals surface area contributed by atoms with Crippen LogP contribution in [0.3, 0.4) is 0 Å². The number of hydrogen-bond acceptors (Lipinski definition) is 3. The molecule has 0 aliphatic carbocycles. The first-order chi connectivity index (χ1) is 6.77. The van der Waals surface area contributed by atoms with E-state index in [1.165, 1.54) is 17.8 Å². The zero-order valence-electron chi connectivity index (χ0n) is 8.00. The minimum atomic E-state index is -0.352. The van der Waals surface area contributed by atoms with Crippen molar-refractivity contribution in [3.63, 3.8) is 0 Å². The van der Waals surface area contributed by atoms with Gasteiger partial charge in [0.2, 0.25) is 0 Å². The summed E-state index contributed by atoms with van der Waals surface area (Å²) in [4.78, 5) is 0.806. The molecule has 0 heterocycles. The Labute approximate surface area is 87.1 Å². The molecule has 0 saturated heterocycles. The smallest absolute Gasteiger partial charge is 0.166 e. The van der Waals surface area contributed by atoms with Crippen molar-refractivity contribution in [2.24, 2.45) is 0 Å². The predicted molar refractivity (Wildman–Crippen MR) is 55.4 cm³/mol. The molecule has 1 aromatic rings. The van der Waals surface area contributed by atoms with E-state index < -0.39 is 0 Å². The van der Waals surface area contributed by atoms with Crippen LogP contribution in [0.1, 0.15) is 6.92 Å². The number of benzene rings is 1. The first-order valence-electron chi connectivity index (χ1n) is 4.44. The Morgan fingerprint density at radius 1 is 1.50 bits per heavy atom. The van der Waals surface area contributed by atoms with Crippen LogP contribution in [0.4, 0.5) is 4.39 Å². The molecular formula is C10H13FO2S. The summed E-state index contributed by atoms with van der Waals surface area (Å²) >= 11 is 1.42. The molecule has 78 valence electrons. The molecule has 1 rings (SSSR count). The molecule has 1 N–H and O–H groups in total. The van der Waals surface area contributed by atoms with Crippen molar-refractivity contribution < 1.29 is 14.2 Å². The van der Waals surface area contributed by atoms with Crippen LogP contribution in [-0.4, -0.2) is 24.1 Å². The van der Waals surface area contributed by atoms with Crippen molar-refractivity contribution in [3.8, 4) is 5.75 Å². The minimum absolute atomic E-state index is 0.0967. The number of ether oxygens (including phenoxy) is 1. The molecule has 0 spiro atoms. The Morgan fingerprint density at radius 2 is 2.29 bits per heavy atom. The zero-order valence-corrected chi connectivity index (χ0v) is 8.81. The van der Waals surface area contributed by atoms with Crippen LogP contribution >= 0.6 is 11.8 Å². The van der Waals surface area contributed by atoms with Gasteiger partial charge in [-0.05, 0) is 25.1 Å². The number of thioether (sulfide) groups is 1. The Balaban J connectivity index is 2.68. The molecule has 0 unspecified atom stereocenters. The van der Waals surface area contributed by atoms with Crippen LogP contribution in [-0.2, 0) is 0 Å². The van der Waals surface area contributed by atoms with Gasteiger partial charge in [0.25, 0.3) is 0 Å². The standard InChI is InChI=1S/C10H13FO2S/c1-2-13-10-4-3-8(7-9(10)11)14-6-5-12/h3-4,7,12H,2,5-6H2,1H3. The first-order valence-corrected chi connectivity index (χ1v) is 5.42. The summed E-state index contributed by atoms with van der Waals surface area (Å²) < 4.78 is 18.3. The highest BCUT2D eigenvalue weighted by molar-refractivity contribution is 7.99. The fourth-order valence-electron chi connectivity index (χ4n) is 1.01. The van der Waals surface area contributed by atoms with Crippen LogP contribution in [0.2, 0.25) is 0 Å². The minimum Gasteiger partial charge on any atom is -0.491 e. The SMILES string of the molecule is CCOc1ccc(SCCO)cc1F. The van der Waals surface area contributed by atoms with Crippen molar-refractivity contribution in [2.75, 3.05) is 19.0 Å². The van der Waals surface area contributed by atoms with Gasteiger partial charge in [-0.15, -0.1) is 11.8 Å². The highest BCUT2D eigenvalue weighted by Crippen LogP contribution is 2.24. The summed E-state index contributed by atoms with van der Waals surface area (Å²) in [5.74, 6) is 0.503. The van der Waals surface area contributed by atoms with Gasteiger partial charge in [-0.3, -0.25) is 0 Å². The van der Waals surface area contributed by atoms with E-state index in [2.05, 4.69) is 0 Å². The predicted octanol–water partition coefficient (Wildman–Crippen LogP) is 2.31. The Kier molecular flexibility index (Phi) is 4.76. The van der Waals surface area contributed by atoms with Gasteiger partial charge in [0, 0.05) is 10.6 Å². The van der Waals surface area contributed by atoms with Crippen LogP contribution in [0, 0.1) is 5.82 Å². The van der Waals surface area contributed by atoms with Gasteiger partial charge >= 0.3 is 0 Å². The molecule has 14 heavy (non-hydrogen) atoms. The lowest BCUT2D eigenvalue weighted by atomic mass is 10.3. The van der Waals surface area contributed by atoms with E-state index in [0.29, 0.717) is 12.4 Å². The van der Waals surface area contributed by atoms with Crippen molar-refractivity contribution in [1.82, 2.24) is 0 Å². The quantitative estimate of drug-likeness (QED) is 0.766. The molecule has 1 aromatic carbocycles. The third-order valence-corrected chi connectivity index (χ3v) is 2.54. The van der Waals surface area contributed by atoms with Gasteiger partial charge in [-0.25, -0.2) is 4.39 Å². The summed E-state index contributed by atoms with van der Waals surface area (Å²) in [5, 5.41) is 8.60. The largest absolute Gasteiger partial charge is 0.491 e. The average Bonchev–Trinajstić information content (AvgIpc) is 2.19. The van der Waals surface area contributed by atoms with Gasteiger partial charge < -0.3 is 9.84 Å². The third-order valence-electron chi connectivity index (χ3n) is 1.56. The molecule has 2 nitrogen and oxygen atoms in total. The Hall–Kier alpha value is -0.740. The maximum absolute atomic E-state index is 13.3. The lowest BCUT2D eigenvalue weighted by molar-refractivity contribution is 0.321. The molecule has 0 amide bonds. The van der Waals surface area contributed by atoms with Gasteiger partial charge in [0.1, 0.15) is 0 Å². The molecule has 0 bridgehead atoms. The number of aliphatic hydroxyl groups excluding tert-OH is 1. The number of halogens is 1. The molecule has 0 aromatic heterocycles. The van der Waals surface area contributed by atoms with Crippen molar-refractivity contribution in [1.29, 1.82) is 0 Å². The van der Waals surface area contributed by atoms with Crippen molar-refractivity contribution >= 4 is 11.8 Å². The normalized spacial score (nSPS) is 10.2. The number of aliphatic hydroxyl groups is 1. The molecule has 0 aliphatic rings. The molecule has 0 atom stereocenters. The summed E-state index contributed by atoms with van der Waals surface area (Å²) in [6.07, 6.45) is 0. The van der Waals surface area contributed by atoms with Crippen LogP contribution < -0.4 is 4.74 Å². The van der Waals surface area contributed by atoms with Crippen LogP contribution in [0.25, 0.3) is 0 Å². The van der Waals surface area contributed by atoms with E-state index in [0.717, 1.165) is 4.90 Å². The summed E-state index contributed by atoms with van der Waals surface area (Å²) in [6.45, 7) is 2.37. The summed E-state index contributed by atoms with van der Waals surface area (Å²) in [7, 11) is 0. The third kappa shape index (κ3) is 3.20. The van der Waals surface area contributed by atoms with Crippen molar-refractivity contribution in [3.05, 3.63) is 24.0 Å². The summed E-state index contributed by atoms with van der Waals surface area (Å²) in [6, 6.07) is 4.82. The molecule has 0 radical (unpaired) electrons. The monoisotopic (exact) mass is 216 g/mol. The molecule has 0 aliphatic heterocycles. The molecular weight excluding hydrogens is 203 g/mol. The van der Waals surface area contributed by atoms with E-state index in [1.54, 1.807) is 12.1 Å². The first kappa shape index (κ1) is 11.3. The maximum Gasteiger partial charge on any atom is 0.166 e. The lowest BCUT2D eigenvalue weighted by Crippen LogP contribution is -1.94. The average molecular weight is 216 g/mol. The van der Waals surface area contributed by atoms with Crippen LogP contribution in [0.5, 0.6) is 5.75 Å². The highest BCUT2D eigenvalue weighted by Gasteiger charge is 2.03. The molecule has 0 fully saturated rings. The Bertz CT molecular complexity index is 291. The van der Waals surface area contributed by atoms with E-state index in [9.17, 15) is 4.39 Å². The van der Waals surface area contributed by atoms with Gasteiger partial charge in [0.05, 0.1) is 13.2 Å². The highest BCUT2D eigenvalue weighted by atomic mass is 32.2. The van der Waals surface area contributed by atoms with E-state index in [1.807, 2.05) is 6.92 Å². The molecule has 4 heteroatoms. The second-order valence-corrected chi connectivity index (χ2v) is 3.77. The fraction of sp³-hybridized carbons (Fsp3) is 0.400. The number of hydrogen-bond donors (Lipinski definition) is 1. The van der Waals surface area contributed by atoms with Gasteiger partial charge in [0.15, 0.2) is 11.6 Å². The second kappa shape index (κ2) is 5.88. The Morgan fingerprint density at radius 3 is 2.86 bits per heavy atom. The summed E-state index contributed by atoms with van der Waals surface area (Å²) in [5.41, 5.74) is 0. The topological polar surface area (TPSA) is 29.5 Å². The lowest BCUT2D eigenvalue weighted by Gasteiger charge is -2.05. The fourth-order valence-corrected chi connectivity index (χ4v) is 1.69. The van der Waals surface area contributed by atoms with Crippen molar-refractivity contribution in [2.45, 2.75) is 11.8 Å². The zero-order chi connectivity index (χ0) is 10.4. The van der Waals surface area contributed by atoms with E-state index >= 15 is 0 Å². The molecule has 0 saturated carbocycles. The second-order valence-electron chi connectivity index (χ2n) is 2.60. The van der Waals surface area contributed by atoms with Crippen LogP contribution in [0.15, 0.2) is 23.1 Å². The van der Waals surface area contributed by atoms with E-state index in [-0.39, 0.29) is 18.2 Å². The number of rotatable bonds is 5. The van der Waals surface area contributed by atoms with Gasteiger partial charge in [-0.2, -0.15) is 0 Å². The van der Waals surface area contributed by atoms with E-state index in [4.69, 9.17) is 9.84 Å². The van der Waals surface area contributed by atoms with Gasteiger partial charge in [-0.1, -0.05) is 0 Å².